The summed E-state index contributed by atoms with van der Waals surface area (Å²) in [5.41, 5.74) is -1.25. The van der Waals surface area contributed by atoms with E-state index in [0.29, 0.717) is 23.7 Å². The first kappa shape index (κ1) is 17.2. The average Bonchev–Trinajstić information content (AvgIpc) is 2.39. The second-order valence-corrected chi connectivity index (χ2v) is 5.56. The molecule has 1 rings (SSSR count). The van der Waals surface area contributed by atoms with E-state index in [0.717, 1.165) is 0 Å². The van der Waals surface area contributed by atoms with Crippen LogP contribution in [0.2, 0.25) is 5.02 Å². The molecule has 0 aliphatic heterocycles. The Morgan fingerprint density at radius 2 is 2.14 bits per heavy atom. The van der Waals surface area contributed by atoms with Gasteiger partial charge in [0.05, 0.1) is 11.6 Å². The molecule has 1 unspecified atom stereocenters. The molecule has 0 fully saturated rings. The van der Waals surface area contributed by atoms with E-state index in [1.807, 2.05) is 6.92 Å². The normalized spacial score (nSPS) is 13.3. The van der Waals surface area contributed by atoms with E-state index in [1.54, 1.807) is 24.1 Å². The van der Waals surface area contributed by atoms with Crippen molar-refractivity contribution in [3.63, 3.8) is 0 Å². The Bertz CT molecular complexity index is 507. The zero-order valence-electron chi connectivity index (χ0n) is 12.4. The number of likely N-dealkylation sites (N-methyl/N-ethyl adjacent to an activating group) is 1. The van der Waals surface area contributed by atoms with Crippen LogP contribution < -0.4 is 10.2 Å². The number of carboxylic acid groups (broad SMARTS) is 1. The lowest BCUT2D eigenvalue weighted by Crippen LogP contribution is -2.54. The van der Waals surface area contributed by atoms with Crippen LogP contribution in [0.1, 0.15) is 26.7 Å². The van der Waals surface area contributed by atoms with Crippen molar-refractivity contribution in [1.29, 1.82) is 0 Å². The standard InChI is InChI=1S/C14H20ClN3O3/c1-4-7-14(2,13(20)21)17-12(19)9-18(3)11-6-5-10(15)8-16-11/h5-6,8H,4,7,9H2,1-3H3,(H,17,19)(H,20,21). The number of halogens is 1. The van der Waals surface area contributed by atoms with Crippen molar-refractivity contribution in [3.8, 4) is 0 Å². The molecule has 1 atom stereocenters. The number of pyridine rings is 1. The number of amides is 1. The molecule has 0 saturated carbocycles. The molecule has 21 heavy (non-hydrogen) atoms. The number of carbonyl (C=O) groups excluding carboxylic acids is 1. The molecule has 0 bridgehead atoms. The van der Waals surface area contributed by atoms with Crippen LogP contribution in [-0.2, 0) is 9.59 Å². The molecule has 1 heterocycles. The molecule has 7 heteroatoms. The highest BCUT2D eigenvalue weighted by Gasteiger charge is 2.33. The first-order valence-electron chi connectivity index (χ1n) is 6.65. The number of nitrogens with zero attached hydrogens (tertiary/aromatic N) is 2. The van der Waals surface area contributed by atoms with Gasteiger partial charge >= 0.3 is 5.97 Å². The van der Waals surface area contributed by atoms with Crippen molar-refractivity contribution in [3.05, 3.63) is 23.4 Å². The minimum atomic E-state index is -1.25. The van der Waals surface area contributed by atoms with Crippen LogP contribution >= 0.6 is 11.6 Å². The van der Waals surface area contributed by atoms with Gasteiger partial charge in [-0.1, -0.05) is 24.9 Å². The quantitative estimate of drug-likeness (QED) is 0.803. The number of carbonyl (C=O) groups is 2. The monoisotopic (exact) mass is 313 g/mol. The van der Waals surface area contributed by atoms with Gasteiger partial charge in [0, 0.05) is 13.2 Å². The molecular formula is C14H20ClN3O3. The fourth-order valence-corrected chi connectivity index (χ4v) is 2.07. The molecule has 116 valence electrons. The molecule has 2 N–H and O–H groups in total. The van der Waals surface area contributed by atoms with Crippen molar-refractivity contribution in [1.82, 2.24) is 10.3 Å². The minimum absolute atomic E-state index is 0.0151. The van der Waals surface area contributed by atoms with E-state index >= 15 is 0 Å². The fourth-order valence-electron chi connectivity index (χ4n) is 1.96. The van der Waals surface area contributed by atoms with E-state index < -0.39 is 11.5 Å². The zero-order chi connectivity index (χ0) is 16.0. The Labute approximate surface area is 129 Å². The molecule has 0 aliphatic rings. The van der Waals surface area contributed by atoms with Crippen molar-refractivity contribution in [2.45, 2.75) is 32.2 Å². The molecule has 0 aliphatic carbocycles. The number of carboxylic acids is 1. The van der Waals surface area contributed by atoms with Crippen LogP contribution in [-0.4, -0.2) is 41.1 Å². The molecule has 0 saturated heterocycles. The van der Waals surface area contributed by atoms with Crippen molar-refractivity contribution >= 4 is 29.3 Å². The van der Waals surface area contributed by atoms with E-state index in [4.69, 9.17) is 11.6 Å². The summed E-state index contributed by atoms with van der Waals surface area (Å²) in [7, 11) is 1.70. The summed E-state index contributed by atoms with van der Waals surface area (Å²) in [4.78, 5) is 29.0. The number of rotatable bonds is 7. The second-order valence-electron chi connectivity index (χ2n) is 5.13. The average molecular weight is 314 g/mol. The molecule has 0 spiro atoms. The van der Waals surface area contributed by atoms with Crippen LogP contribution in [0.5, 0.6) is 0 Å². The zero-order valence-corrected chi connectivity index (χ0v) is 13.1. The predicted molar refractivity (Wildman–Crippen MR) is 81.6 cm³/mol. The fraction of sp³-hybridized carbons (Fsp3) is 0.500. The Balaban J connectivity index is 2.67. The lowest BCUT2D eigenvalue weighted by Gasteiger charge is -2.27. The van der Waals surface area contributed by atoms with E-state index in [9.17, 15) is 14.7 Å². The minimum Gasteiger partial charge on any atom is -0.480 e. The van der Waals surface area contributed by atoms with Crippen LogP contribution in [0.4, 0.5) is 5.82 Å². The van der Waals surface area contributed by atoms with Crippen molar-refractivity contribution in [2.75, 3.05) is 18.5 Å². The highest BCUT2D eigenvalue weighted by Crippen LogP contribution is 2.14. The predicted octanol–water partition coefficient (Wildman–Crippen LogP) is 1.93. The maximum Gasteiger partial charge on any atom is 0.329 e. The first-order valence-corrected chi connectivity index (χ1v) is 7.03. The van der Waals surface area contributed by atoms with Gasteiger partial charge in [0.15, 0.2) is 0 Å². The summed E-state index contributed by atoms with van der Waals surface area (Å²) >= 11 is 5.75. The molecule has 0 radical (unpaired) electrons. The Kier molecular flexibility index (Phi) is 5.96. The summed E-state index contributed by atoms with van der Waals surface area (Å²) in [5, 5.41) is 12.3. The number of nitrogens with one attached hydrogen (secondary N) is 1. The third kappa shape index (κ3) is 4.90. The van der Waals surface area contributed by atoms with E-state index in [2.05, 4.69) is 10.3 Å². The van der Waals surface area contributed by atoms with Crippen LogP contribution in [0.3, 0.4) is 0 Å². The number of hydrogen-bond acceptors (Lipinski definition) is 4. The Hall–Kier alpha value is -1.82. The Morgan fingerprint density at radius 3 is 2.62 bits per heavy atom. The maximum absolute atomic E-state index is 12.0. The topological polar surface area (TPSA) is 82.5 Å². The van der Waals surface area contributed by atoms with Crippen molar-refractivity contribution in [2.24, 2.45) is 0 Å². The first-order chi connectivity index (χ1) is 9.78. The van der Waals surface area contributed by atoms with Crippen LogP contribution in [0, 0.1) is 0 Å². The van der Waals surface area contributed by atoms with Gasteiger partial charge in [-0.2, -0.15) is 0 Å². The molecule has 0 aromatic carbocycles. The Morgan fingerprint density at radius 1 is 1.48 bits per heavy atom. The lowest BCUT2D eigenvalue weighted by molar-refractivity contribution is -0.147. The number of anilines is 1. The van der Waals surface area contributed by atoms with E-state index in [1.165, 1.54) is 13.1 Å². The third-order valence-corrected chi connectivity index (χ3v) is 3.34. The van der Waals surface area contributed by atoms with Gasteiger partial charge in [-0.3, -0.25) is 4.79 Å². The van der Waals surface area contributed by atoms with Gasteiger partial charge in [0.25, 0.3) is 0 Å². The SMILES string of the molecule is CCCC(C)(NC(=O)CN(C)c1ccc(Cl)cn1)C(=O)O. The largest absolute Gasteiger partial charge is 0.480 e. The number of hydrogen-bond donors (Lipinski definition) is 2. The highest BCUT2D eigenvalue weighted by atomic mass is 35.5. The van der Waals surface area contributed by atoms with Crippen LogP contribution in [0.25, 0.3) is 0 Å². The number of aromatic nitrogens is 1. The molecular weight excluding hydrogens is 294 g/mol. The maximum atomic E-state index is 12.0. The third-order valence-electron chi connectivity index (χ3n) is 3.12. The molecule has 6 nitrogen and oxygen atoms in total. The molecule has 1 aromatic heterocycles. The summed E-state index contributed by atoms with van der Waals surface area (Å²) in [6, 6.07) is 3.37. The second kappa shape index (κ2) is 7.26. The molecule has 1 aromatic rings. The van der Waals surface area contributed by atoms with Gasteiger partial charge in [-0.25, -0.2) is 9.78 Å². The summed E-state index contributed by atoms with van der Waals surface area (Å²) < 4.78 is 0. The number of aliphatic carboxylic acids is 1. The smallest absolute Gasteiger partial charge is 0.329 e. The van der Waals surface area contributed by atoms with Crippen LogP contribution in [0.15, 0.2) is 18.3 Å². The summed E-state index contributed by atoms with van der Waals surface area (Å²) in [6.07, 6.45) is 2.53. The summed E-state index contributed by atoms with van der Waals surface area (Å²) in [6.45, 7) is 3.40. The highest BCUT2D eigenvalue weighted by molar-refractivity contribution is 6.30. The lowest BCUT2D eigenvalue weighted by atomic mass is 9.96. The van der Waals surface area contributed by atoms with Crippen molar-refractivity contribution < 1.29 is 14.7 Å². The van der Waals surface area contributed by atoms with E-state index in [-0.39, 0.29) is 12.5 Å². The van der Waals surface area contributed by atoms with Gasteiger partial charge in [0.1, 0.15) is 11.4 Å². The van der Waals surface area contributed by atoms with Gasteiger partial charge in [-0.05, 0) is 25.5 Å². The van der Waals surface area contributed by atoms with Gasteiger partial charge in [-0.15, -0.1) is 0 Å². The van der Waals surface area contributed by atoms with Gasteiger partial charge < -0.3 is 15.3 Å². The summed E-state index contributed by atoms with van der Waals surface area (Å²) in [5.74, 6) is -0.820. The van der Waals surface area contributed by atoms with Gasteiger partial charge in [0.2, 0.25) is 5.91 Å². The molecule has 1 amide bonds.